The predicted molar refractivity (Wildman–Crippen MR) is 42.3 cm³/mol. The summed E-state index contributed by atoms with van der Waals surface area (Å²) in [6.07, 6.45) is 1.81. The lowest BCUT2D eigenvalue weighted by molar-refractivity contribution is -0.139. The van der Waals surface area contributed by atoms with Crippen LogP contribution in [0.15, 0.2) is 0 Å². The van der Waals surface area contributed by atoms with Gasteiger partial charge >= 0.3 is 5.97 Å². The second kappa shape index (κ2) is 5.22. The molecule has 4 N–H and O–H groups in total. The number of hydrogen-bond acceptors (Lipinski definition) is 4. The molecule has 0 rings (SSSR count). The topological polar surface area (TPSA) is 92.4 Å². The van der Waals surface area contributed by atoms with Gasteiger partial charge in [-0.05, 0) is 6.42 Å². The van der Waals surface area contributed by atoms with E-state index in [1.54, 1.807) is 0 Å². The molecule has 0 saturated heterocycles. The van der Waals surface area contributed by atoms with Crippen LogP contribution in [0.3, 0.4) is 0 Å². The molecule has 0 bridgehead atoms. The van der Waals surface area contributed by atoms with E-state index in [0.29, 0.717) is 5.75 Å². The molecule has 0 aromatic carbocycles. The Kier molecular flexibility index (Phi) is 5.01. The van der Waals surface area contributed by atoms with Gasteiger partial charge in [0.25, 0.3) is 0 Å². The number of aliphatic carboxylic acids is 1. The highest BCUT2D eigenvalue weighted by Crippen LogP contribution is 1.92. The number of carboxylic acids is 1. The fourth-order valence-electron chi connectivity index (χ4n) is 0.562. The monoisotopic (exact) mass is 180 g/mol. The molecular formula is C5H12N2O3S. The highest BCUT2D eigenvalue weighted by Gasteiger charge is 2.14. The molecule has 0 spiro atoms. The molecule has 0 aromatic heterocycles. The van der Waals surface area contributed by atoms with E-state index in [-0.39, 0.29) is 6.42 Å². The average Bonchev–Trinajstić information content (AvgIpc) is 1.87. The first kappa shape index (κ1) is 10.5. The summed E-state index contributed by atoms with van der Waals surface area (Å²) < 4.78 is 10.5. The molecule has 0 aliphatic rings. The Bertz CT molecular complexity index is 162. The first-order valence-corrected chi connectivity index (χ1v) is 4.79. The first-order valence-electron chi connectivity index (χ1n) is 3.07. The van der Waals surface area contributed by atoms with Gasteiger partial charge in [-0.15, -0.1) is 0 Å². The van der Waals surface area contributed by atoms with E-state index in [2.05, 4.69) is 5.43 Å². The van der Waals surface area contributed by atoms with Crippen LogP contribution in [0, 0.1) is 0 Å². The zero-order chi connectivity index (χ0) is 8.85. The average molecular weight is 180 g/mol. The third-order valence-corrected chi connectivity index (χ3v) is 2.00. The Morgan fingerprint density at radius 1 is 1.82 bits per heavy atom. The first-order chi connectivity index (χ1) is 5.07. The second-order valence-electron chi connectivity index (χ2n) is 2.12. The lowest BCUT2D eigenvalue weighted by atomic mass is 10.2. The summed E-state index contributed by atoms with van der Waals surface area (Å²) in [5, 5.41) is 8.44. The summed E-state index contributed by atoms with van der Waals surface area (Å²) in [5.41, 5.74) is 2.12. The summed E-state index contributed by atoms with van der Waals surface area (Å²) in [6, 6.07) is -0.793. The number of hydrogen-bond donors (Lipinski definition) is 3. The van der Waals surface area contributed by atoms with E-state index >= 15 is 0 Å². The van der Waals surface area contributed by atoms with Gasteiger partial charge in [0, 0.05) is 22.8 Å². The van der Waals surface area contributed by atoms with Crippen LogP contribution < -0.4 is 11.3 Å². The van der Waals surface area contributed by atoms with Gasteiger partial charge in [0.1, 0.15) is 6.04 Å². The fourth-order valence-corrected chi connectivity index (χ4v) is 1.13. The van der Waals surface area contributed by atoms with Crippen molar-refractivity contribution in [1.29, 1.82) is 0 Å². The van der Waals surface area contributed by atoms with E-state index in [9.17, 15) is 9.00 Å². The lowest BCUT2D eigenvalue weighted by Gasteiger charge is -2.08. The molecule has 0 saturated carbocycles. The zero-order valence-corrected chi connectivity index (χ0v) is 7.06. The van der Waals surface area contributed by atoms with E-state index in [1.807, 2.05) is 0 Å². The maximum atomic E-state index is 10.5. The van der Waals surface area contributed by atoms with Crippen LogP contribution in [-0.4, -0.2) is 33.3 Å². The molecule has 11 heavy (non-hydrogen) atoms. The maximum absolute atomic E-state index is 10.5. The van der Waals surface area contributed by atoms with Crippen molar-refractivity contribution in [1.82, 2.24) is 5.43 Å². The van der Waals surface area contributed by atoms with E-state index in [1.165, 1.54) is 6.26 Å². The summed E-state index contributed by atoms with van der Waals surface area (Å²) in [5.74, 6) is 4.26. The molecule has 2 atom stereocenters. The highest BCUT2D eigenvalue weighted by atomic mass is 32.2. The molecule has 0 aliphatic heterocycles. The van der Waals surface area contributed by atoms with Gasteiger partial charge in [0.2, 0.25) is 0 Å². The number of hydrazine groups is 1. The number of carboxylic acid groups (broad SMARTS) is 1. The normalized spacial score (nSPS) is 15.8. The van der Waals surface area contributed by atoms with Crippen molar-refractivity contribution in [3.05, 3.63) is 0 Å². The molecule has 66 valence electrons. The van der Waals surface area contributed by atoms with Gasteiger partial charge in [0.15, 0.2) is 0 Å². The van der Waals surface area contributed by atoms with Crippen molar-refractivity contribution in [2.45, 2.75) is 12.5 Å². The molecule has 6 heteroatoms. The molecule has 0 aliphatic carbocycles. The molecule has 0 fully saturated rings. The SMILES string of the molecule is CS(=O)CCC(NN)C(=O)O. The summed E-state index contributed by atoms with van der Waals surface area (Å²) >= 11 is 0. The smallest absolute Gasteiger partial charge is 0.322 e. The summed E-state index contributed by atoms with van der Waals surface area (Å²) in [6.45, 7) is 0. The fraction of sp³-hybridized carbons (Fsp3) is 0.800. The van der Waals surface area contributed by atoms with Gasteiger partial charge in [0.05, 0.1) is 0 Å². The van der Waals surface area contributed by atoms with Crippen LogP contribution in [0.2, 0.25) is 0 Å². The van der Waals surface area contributed by atoms with E-state index in [0.717, 1.165) is 0 Å². The van der Waals surface area contributed by atoms with Crippen molar-refractivity contribution in [2.75, 3.05) is 12.0 Å². The number of nitrogens with one attached hydrogen (secondary N) is 1. The van der Waals surface area contributed by atoms with Crippen LogP contribution in [0.4, 0.5) is 0 Å². The minimum atomic E-state index is -1.02. The standard InChI is InChI=1S/C5H12N2O3S/c1-11(10)3-2-4(7-6)5(8)9/h4,7H,2-3,6H2,1H3,(H,8,9). The van der Waals surface area contributed by atoms with Gasteiger partial charge in [-0.25, -0.2) is 5.43 Å². The molecule has 5 nitrogen and oxygen atoms in total. The third-order valence-electron chi connectivity index (χ3n) is 1.19. The van der Waals surface area contributed by atoms with Crippen molar-refractivity contribution in [2.24, 2.45) is 5.84 Å². The van der Waals surface area contributed by atoms with Crippen molar-refractivity contribution < 1.29 is 14.1 Å². The Balaban J connectivity index is 3.70. The number of rotatable bonds is 5. The Morgan fingerprint density at radius 3 is 2.64 bits per heavy atom. The van der Waals surface area contributed by atoms with Crippen molar-refractivity contribution in [3.8, 4) is 0 Å². The van der Waals surface area contributed by atoms with Crippen molar-refractivity contribution in [3.63, 3.8) is 0 Å². The highest BCUT2D eigenvalue weighted by molar-refractivity contribution is 7.84. The van der Waals surface area contributed by atoms with Crippen LogP contribution in [0.1, 0.15) is 6.42 Å². The second-order valence-corrected chi connectivity index (χ2v) is 3.68. The summed E-state index contributed by atoms with van der Waals surface area (Å²) in [4.78, 5) is 10.3. The lowest BCUT2D eigenvalue weighted by Crippen LogP contribution is -2.42. The molecule has 0 heterocycles. The summed E-state index contributed by atoms with van der Waals surface area (Å²) in [7, 11) is -0.963. The Labute approximate surface area is 67.4 Å². The molecule has 0 radical (unpaired) electrons. The number of nitrogens with two attached hydrogens (primary N) is 1. The predicted octanol–water partition coefficient (Wildman–Crippen LogP) is -1.33. The van der Waals surface area contributed by atoms with Gasteiger partial charge in [-0.2, -0.15) is 0 Å². The molecule has 0 aromatic rings. The third kappa shape index (κ3) is 4.88. The van der Waals surface area contributed by atoms with Crippen LogP contribution in [-0.2, 0) is 15.6 Å². The van der Waals surface area contributed by atoms with Crippen LogP contribution in [0.5, 0.6) is 0 Å². The zero-order valence-electron chi connectivity index (χ0n) is 6.24. The van der Waals surface area contributed by atoms with Gasteiger partial charge in [-0.3, -0.25) is 14.8 Å². The quantitative estimate of drug-likeness (QED) is 0.360. The molecule has 0 amide bonds. The van der Waals surface area contributed by atoms with Gasteiger partial charge < -0.3 is 5.11 Å². The molecular weight excluding hydrogens is 168 g/mol. The van der Waals surface area contributed by atoms with Gasteiger partial charge in [-0.1, -0.05) is 0 Å². The van der Waals surface area contributed by atoms with E-state index < -0.39 is 22.8 Å². The largest absolute Gasteiger partial charge is 0.480 e. The van der Waals surface area contributed by atoms with Crippen molar-refractivity contribution >= 4 is 16.8 Å². The molecule has 2 unspecified atom stereocenters. The minimum absolute atomic E-state index is 0.287. The Hall–Kier alpha value is -0.460. The van der Waals surface area contributed by atoms with Crippen LogP contribution >= 0.6 is 0 Å². The maximum Gasteiger partial charge on any atom is 0.322 e. The van der Waals surface area contributed by atoms with E-state index in [4.69, 9.17) is 10.9 Å². The minimum Gasteiger partial charge on any atom is -0.480 e. The van der Waals surface area contributed by atoms with Crippen LogP contribution in [0.25, 0.3) is 0 Å². The Morgan fingerprint density at radius 2 is 2.36 bits per heavy atom. The number of carbonyl (C=O) groups is 1.